The highest BCUT2D eigenvalue weighted by molar-refractivity contribution is 5.78. The molecule has 0 aliphatic carbocycles. The second kappa shape index (κ2) is 5.75. The van der Waals surface area contributed by atoms with E-state index < -0.39 is 0 Å². The number of pyridine rings is 1. The predicted octanol–water partition coefficient (Wildman–Crippen LogP) is 2.53. The number of methoxy groups -OCH3 is 1. The standard InChI is InChI=1S/C14H18N2O/c1-15-13(7-8-17-2)12-9-11-5-3-4-6-14(11)16-10-12/h3-6,9-10,13,15H,7-8H2,1-2H3. The first kappa shape index (κ1) is 12.0. The van der Waals surface area contributed by atoms with E-state index in [1.54, 1.807) is 7.11 Å². The molecule has 2 rings (SSSR count). The molecule has 1 aromatic heterocycles. The van der Waals surface area contributed by atoms with Crippen molar-refractivity contribution in [2.24, 2.45) is 0 Å². The van der Waals surface area contributed by atoms with Gasteiger partial charge in [0.2, 0.25) is 0 Å². The molecule has 1 N–H and O–H groups in total. The molecule has 17 heavy (non-hydrogen) atoms. The van der Waals surface area contributed by atoms with Gasteiger partial charge >= 0.3 is 0 Å². The van der Waals surface area contributed by atoms with Crippen molar-refractivity contribution < 1.29 is 4.74 Å². The highest BCUT2D eigenvalue weighted by atomic mass is 16.5. The highest BCUT2D eigenvalue weighted by Crippen LogP contribution is 2.20. The number of ether oxygens (including phenoxy) is 1. The summed E-state index contributed by atoms with van der Waals surface area (Å²) in [5.41, 5.74) is 2.25. The Hall–Kier alpha value is -1.45. The van der Waals surface area contributed by atoms with Crippen molar-refractivity contribution in [2.45, 2.75) is 12.5 Å². The van der Waals surface area contributed by atoms with Crippen LogP contribution in [-0.4, -0.2) is 25.7 Å². The zero-order valence-electron chi connectivity index (χ0n) is 10.3. The minimum atomic E-state index is 0.298. The van der Waals surface area contributed by atoms with E-state index in [0.29, 0.717) is 6.04 Å². The maximum Gasteiger partial charge on any atom is 0.0702 e. The number of benzene rings is 1. The fourth-order valence-electron chi connectivity index (χ4n) is 1.99. The quantitative estimate of drug-likeness (QED) is 0.857. The molecule has 0 saturated heterocycles. The molecule has 0 fully saturated rings. The lowest BCUT2D eigenvalue weighted by Gasteiger charge is -2.16. The van der Waals surface area contributed by atoms with Crippen molar-refractivity contribution in [3.05, 3.63) is 42.1 Å². The van der Waals surface area contributed by atoms with Crippen LogP contribution in [0.4, 0.5) is 0 Å². The third-order valence-corrected chi connectivity index (χ3v) is 2.97. The van der Waals surface area contributed by atoms with E-state index in [0.717, 1.165) is 18.5 Å². The van der Waals surface area contributed by atoms with E-state index in [1.807, 2.05) is 31.4 Å². The van der Waals surface area contributed by atoms with Crippen molar-refractivity contribution in [3.63, 3.8) is 0 Å². The Labute approximate surface area is 102 Å². The molecule has 3 nitrogen and oxygen atoms in total. The number of hydrogen-bond acceptors (Lipinski definition) is 3. The van der Waals surface area contributed by atoms with Crippen LogP contribution in [0.15, 0.2) is 36.5 Å². The molecule has 0 radical (unpaired) electrons. The lowest BCUT2D eigenvalue weighted by atomic mass is 10.0. The Morgan fingerprint density at radius 2 is 2.18 bits per heavy atom. The lowest BCUT2D eigenvalue weighted by Crippen LogP contribution is -2.18. The van der Waals surface area contributed by atoms with Crippen molar-refractivity contribution in [1.29, 1.82) is 0 Å². The van der Waals surface area contributed by atoms with E-state index in [1.165, 1.54) is 10.9 Å². The van der Waals surface area contributed by atoms with Gasteiger partial charge in [0.25, 0.3) is 0 Å². The molecule has 1 heterocycles. The second-order valence-corrected chi connectivity index (χ2v) is 4.08. The maximum atomic E-state index is 5.12. The summed E-state index contributed by atoms with van der Waals surface area (Å²) < 4.78 is 5.12. The number of nitrogens with zero attached hydrogens (tertiary/aromatic N) is 1. The van der Waals surface area contributed by atoms with Gasteiger partial charge in [-0.1, -0.05) is 18.2 Å². The summed E-state index contributed by atoms with van der Waals surface area (Å²) in [6.07, 6.45) is 2.90. The Morgan fingerprint density at radius 3 is 2.94 bits per heavy atom. The smallest absolute Gasteiger partial charge is 0.0702 e. The predicted molar refractivity (Wildman–Crippen MR) is 70.0 cm³/mol. The van der Waals surface area contributed by atoms with Crippen LogP contribution in [-0.2, 0) is 4.74 Å². The Bertz CT molecular complexity index is 484. The van der Waals surface area contributed by atoms with Gasteiger partial charge in [-0.3, -0.25) is 4.98 Å². The van der Waals surface area contributed by atoms with Crippen molar-refractivity contribution in [1.82, 2.24) is 10.3 Å². The van der Waals surface area contributed by atoms with Crippen LogP contribution >= 0.6 is 0 Å². The Balaban J connectivity index is 2.27. The monoisotopic (exact) mass is 230 g/mol. The first-order valence-corrected chi connectivity index (χ1v) is 5.86. The maximum absolute atomic E-state index is 5.12. The molecule has 1 aromatic carbocycles. The normalized spacial score (nSPS) is 12.8. The Kier molecular flexibility index (Phi) is 4.07. The number of aromatic nitrogens is 1. The first-order chi connectivity index (χ1) is 8.35. The third kappa shape index (κ3) is 2.81. The third-order valence-electron chi connectivity index (χ3n) is 2.97. The molecule has 1 unspecified atom stereocenters. The van der Waals surface area contributed by atoms with Crippen LogP contribution in [0.2, 0.25) is 0 Å². The van der Waals surface area contributed by atoms with Gasteiger partial charge in [0.15, 0.2) is 0 Å². The second-order valence-electron chi connectivity index (χ2n) is 4.08. The lowest BCUT2D eigenvalue weighted by molar-refractivity contribution is 0.184. The minimum absolute atomic E-state index is 0.298. The number of para-hydroxylation sites is 1. The number of nitrogens with one attached hydrogen (secondary N) is 1. The van der Waals surface area contributed by atoms with Crippen LogP contribution in [0.1, 0.15) is 18.0 Å². The van der Waals surface area contributed by atoms with Crippen LogP contribution in [0.3, 0.4) is 0 Å². The largest absolute Gasteiger partial charge is 0.385 e. The molecule has 0 aliphatic rings. The topological polar surface area (TPSA) is 34.1 Å². The highest BCUT2D eigenvalue weighted by Gasteiger charge is 2.09. The summed E-state index contributed by atoms with van der Waals surface area (Å²) in [6.45, 7) is 0.748. The molecular formula is C14H18N2O. The minimum Gasteiger partial charge on any atom is -0.385 e. The van der Waals surface area contributed by atoms with Gasteiger partial charge in [-0.25, -0.2) is 0 Å². The van der Waals surface area contributed by atoms with Gasteiger partial charge < -0.3 is 10.1 Å². The summed E-state index contributed by atoms with van der Waals surface area (Å²) in [5.74, 6) is 0. The van der Waals surface area contributed by atoms with E-state index in [2.05, 4.69) is 22.4 Å². The molecule has 90 valence electrons. The molecule has 3 heteroatoms. The zero-order valence-corrected chi connectivity index (χ0v) is 10.3. The average Bonchev–Trinajstić information content (AvgIpc) is 2.39. The molecule has 2 aromatic rings. The van der Waals surface area contributed by atoms with Gasteiger partial charge in [-0.15, -0.1) is 0 Å². The average molecular weight is 230 g/mol. The van der Waals surface area contributed by atoms with Crippen molar-refractivity contribution >= 4 is 10.9 Å². The number of fused-ring (bicyclic) bond motifs is 1. The van der Waals surface area contributed by atoms with E-state index in [9.17, 15) is 0 Å². The van der Waals surface area contributed by atoms with Gasteiger partial charge in [0.05, 0.1) is 5.52 Å². The summed E-state index contributed by atoms with van der Waals surface area (Å²) in [5, 5.41) is 4.48. The number of rotatable bonds is 5. The van der Waals surface area contributed by atoms with E-state index in [-0.39, 0.29) is 0 Å². The summed E-state index contributed by atoms with van der Waals surface area (Å²) in [7, 11) is 3.70. The molecule has 0 saturated carbocycles. The zero-order chi connectivity index (χ0) is 12.1. The molecule has 0 spiro atoms. The van der Waals surface area contributed by atoms with Gasteiger partial charge in [-0.05, 0) is 31.2 Å². The van der Waals surface area contributed by atoms with Crippen molar-refractivity contribution in [2.75, 3.05) is 20.8 Å². The van der Waals surface area contributed by atoms with Gasteiger partial charge in [0, 0.05) is 31.3 Å². The van der Waals surface area contributed by atoms with Crippen LogP contribution < -0.4 is 5.32 Å². The molecule has 0 amide bonds. The summed E-state index contributed by atoms with van der Waals surface area (Å²) in [6, 6.07) is 10.7. The van der Waals surface area contributed by atoms with E-state index in [4.69, 9.17) is 4.74 Å². The SMILES string of the molecule is CNC(CCOC)c1cnc2ccccc2c1. The number of hydrogen-bond donors (Lipinski definition) is 1. The molecule has 1 atom stereocenters. The summed E-state index contributed by atoms with van der Waals surface area (Å²) >= 11 is 0. The summed E-state index contributed by atoms with van der Waals surface area (Å²) in [4.78, 5) is 4.48. The van der Waals surface area contributed by atoms with Crippen LogP contribution in [0, 0.1) is 0 Å². The van der Waals surface area contributed by atoms with E-state index >= 15 is 0 Å². The molecule has 0 aliphatic heterocycles. The van der Waals surface area contributed by atoms with Crippen LogP contribution in [0.25, 0.3) is 10.9 Å². The molecule has 0 bridgehead atoms. The van der Waals surface area contributed by atoms with Crippen LogP contribution in [0.5, 0.6) is 0 Å². The van der Waals surface area contributed by atoms with Gasteiger partial charge in [0.1, 0.15) is 0 Å². The first-order valence-electron chi connectivity index (χ1n) is 5.86. The van der Waals surface area contributed by atoms with Gasteiger partial charge in [-0.2, -0.15) is 0 Å². The Morgan fingerprint density at radius 1 is 1.35 bits per heavy atom. The fourth-order valence-corrected chi connectivity index (χ4v) is 1.99. The fraction of sp³-hybridized carbons (Fsp3) is 0.357. The molecular weight excluding hydrogens is 212 g/mol. The van der Waals surface area contributed by atoms with Crippen molar-refractivity contribution in [3.8, 4) is 0 Å².